The van der Waals surface area contributed by atoms with Gasteiger partial charge in [0.1, 0.15) is 11.5 Å². The minimum Gasteiger partial charge on any atom is -0.496 e. The van der Waals surface area contributed by atoms with E-state index in [0.717, 1.165) is 17.1 Å². The van der Waals surface area contributed by atoms with Crippen molar-refractivity contribution in [1.82, 2.24) is 5.32 Å². The van der Waals surface area contributed by atoms with Gasteiger partial charge in [-0.25, -0.2) is 0 Å². The van der Waals surface area contributed by atoms with Gasteiger partial charge in [-0.05, 0) is 37.3 Å². The molecule has 0 aliphatic rings. The van der Waals surface area contributed by atoms with E-state index in [1.54, 1.807) is 13.4 Å². The molecule has 1 atom stereocenters. The Morgan fingerprint density at radius 2 is 2.22 bits per heavy atom. The van der Waals surface area contributed by atoms with Gasteiger partial charge in [-0.2, -0.15) is 0 Å². The summed E-state index contributed by atoms with van der Waals surface area (Å²) in [4.78, 5) is 0. The van der Waals surface area contributed by atoms with Crippen molar-refractivity contribution in [3.05, 3.63) is 52.9 Å². The second-order valence-electron chi connectivity index (χ2n) is 4.07. The summed E-state index contributed by atoms with van der Waals surface area (Å²) in [7, 11) is 1.66. The van der Waals surface area contributed by atoms with Crippen LogP contribution in [0.4, 0.5) is 0 Å². The highest BCUT2D eigenvalue weighted by atomic mass is 35.5. The van der Waals surface area contributed by atoms with Crippen LogP contribution in [0, 0.1) is 0 Å². The van der Waals surface area contributed by atoms with Gasteiger partial charge in [0.2, 0.25) is 0 Å². The van der Waals surface area contributed by atoms with Crippen molar-refractivity contribution in [2.45, 2.75) is 19.5 Å². The second-order valence-corrected chi connectivity index (χ2v) is 4.50. The SMILES string of the molecule is COc1ccc(Cl)cc1C(C)NCc1ccco1. The fourth-order valence-corrected chi connectivity index (χ4v) is 2.00. The van der Waals surface area contributed by atoms with Crippen LogP contribution >= 0.6 is 11.6 Å². The second kappa shape index (κ2) is 5.94. The molecule has 18 heavy (non-hydrogen) atoms. The summed E-state index contributed by atoms with van der Waals surface area (Å²) >= 11 is 6.02. The Kier molecular flexibility index (Phi) is 4.28. The quantitative estimate of drug-likeness (QED) is 0.893. The molecular weight excluding hydrogens is 250 g/mol. The lowest BCUT2D eigenvalue weighted by Gasteiger charge is -2.17. The highest BCUT2D eigenvalue weighted by Crippen LogP contribution is 2.28. The van der Waals surface area contributed by atoms with Crippen molar-refractivity contribution >= 4 is 11.6 Å². The van der Waals surface area contributed by atoms with E-state index in [2.05, 4.69) is 12.2 Å². The summed E-state index contributed by atoms with van der Waals surface area (Å²) in [5.74, 6) is 1.74. The molecule has 1 unspecified atom stereocenters. The fourth-order valence-electron chi connectivity index (χ4n) is 1.82. The first kappa shape index (κ1) is 13.0. The highest BCUT2D eigenvalue weighted by Gasteiger charge is 2.12. The number of hydrogen-bond donors (Lipinski definition) is 1. The fraction of sp³-hybridized carbons (Fsp3) is 0.286. The lowest BCUT2D eigenvalue weighted by molar-refractivity contribution is 0.398. The molecule has 0 spiro atoms. The van der Waals surface area contributed by atoms with Crippen molar-refractivity contribution in [2.75, 3.05) is 7.11 Å². The smallest absolute Gasteiger partial charge is 0.123 e. The lowest BCUT2D eigenvalue weighted by Crippen LogP contribution is -2.18. The van der Waals surface area contributed by atoms with Crippen molar-refractivity contribution in [1.29, 1.82) is 0 Å². The molecule has 0 saturated carbocycles. The van der Waals surface area contributed by atoms with Gasteiger partial charge >= 0.3 is 0 Å². The van der Waals surface area contributed by atoms with Crippen LogP contribution in [0.25, 0.3) is 0 Å². The Morgan fingerprint density at radius 1 is 1.39 bits per heavy atom. The summed E-state index contributed by atoms with van der Waals surface area (Å²) in [5.41, 5.74) is 1.04. The third-order valence-electron chi connectivity index (χ3n) is 2.82. The normalized spacial score (nSPS) is 12.4. The number of methoxy groups -OCH3 is 1. The molecule has 0 bridgehead atoms. The topological polar surface area (TPSA) is 34.4 Å². The van der Waals surface area contributed by atoms with Crippen molar-refractivity contribution in [2.24, 2.45) is 0 Å². The van der Waals surface area contributed by atoms with Crippen LogP contribution in [0.1, 0.15) is 24.3 Å². The Balaban J connectivity index is 2.08. The van der Waals surface area contributed by atoms with Gasteiger partial charge in [-0.1, -0.05) is 11.6 Å². The van der Waals surface area contributed by atoms with Crippen LogP contribution in [0.5, 0.6) is 5.75 Å². The summed E-state index contributed by atoms with van der Waals surface area (Å²) in [6.07, 6.45) is 1.67. The van der Waals surface area contributed by atoms with Gasteiger partial charge in [-0.15, -0.1) is 0 Å². The molecule has 0 fully saturated rings. The maximum atomic E-state index is 6.02. The Labute approximate surface area is 112 Å². The Morgan fingerprint density at radius 3 is 2.89 bits per heavy atom. The summed E-state index contributed by atoms with van der Waals surface area (Å²) < 4.78 is 10.6. The van der Waals surface area contributed by atoms with Gasteiger partial charge < -0.3 is 14.5 Å². The molecule has 2 rings (SSSR count). The van der Waals surface area contributed by atoms with Gasteiger partial charge in [0, 0.05) is 16.6 Å². The molecule has 1 heterocycles. The van der Waals surface area contributed by atoms with Crippen LogP contribution in [0.3, 0.4) is 0 Å². The monoisotopic (exact) mass is 265 g/mol. The van der Waals surface area contributed by atoms with E-state index in [1.807, 2.05) is 30.3 Å². The number of nitrogens with one attached hydrogen (secondary N) is 1. The van der Waals surface area contributed by atoms with Crippen molar-refractivity contribution in [3.63, 3.8) is 0 Å². The Hall–Kier alpha value is -1.45. The first-order valence-electron chi connectivity index (χ1n) is 5.80. The van der Waals surface area contributed by atoms with Gasteiger partial charge in [-0.3, -0.25) is 0 Å². The van der Waals surface area contributed by atoms with E-state index in [0.29, 0.717) is 11.6 Å². The van der Waals surface area contributed by atoms with E-state index in [1.165, 1.54) is 0 Å². The zero-order chi connectivity index (χ0) is 13.0. The number of ether oxygens (including phenoxy) is 1. The summed E-state index contributed by atoms with van der Waals surface area (Å²) in [6, 6.07) is 9.56. The Bertz CT molecular complexity index is 497. The van der Waals surface area contributed by atoms with Crippen LogP contribution in [0.15, 0.2) is 41.0 Å². The number of furan rings is 1. The first-order chi connectivity index (χ1) is 8.70. The molecule has 96 valence electrons. The van der Waals surface area contributed by atoms with Crippen LogP contribution in [-0.2, 0) is 6.54 Å². The van der Waals surface area contributed by atoms with Crippen molar-refractivity contribution in [3.8, 4) is 5.75 Å². The molecule has 0 aliphatic carbocycles. The minimum atomic E-state index is 0.128. The van der Waals surface area contributed by atoms with E-state index >= 15 is 0 Å². The molecule has 0 radical (unpaired) electrons. The molecule has 3 nitrogen and oxygen atoms in total. The molecule has 2 aromatic rings. The molecule has 0 amide bonds. The average Bonchev–Trinajstić information content (AvgIpc) is 2.89. The molecule has 1 aromatic heterocycles. The van der Waals surface area contributed by atoms with Gasteiger partial charge in [0.25, 0.3) is 0 Å². The van der Waals surface area contributed by atoms with Crippen LogP contribution < -0.4 is 10.1 Å². The third kappa shape index (κ3) is 3.06. The molecule has 1 N–H and O–H groups in total. The van der Waals surface area contributed by atoms with Crippen molar-refractivity contribution < 1.29 is 9.15 Å². The number of benzene rings is 1. The largest absolute Gasteiger partial charge is 0.496 e. The molecule has 0 aliphatic heterocycles. The molecule has 4 heteroatoms. The predicted octanol–water partition coefficient (Wildman–Crippen LogP) is 3.79. The maximum Gasteiger partial charge on any atom is 0.123 e. The molecule has 1 aromatic carbocycles. The summed E-state index contributed by atoms with van der Waals surface area (Å²) in [6.45, 7) is 2.74. The molecule has 0 saturated heterocycles. The van der Waals surface area contributed by atoms with E-state index in [9.17, 15) is 0 Å². The zero-order valence-corrected chi connectivity index (χ0v) is 11.2. The minimum absolute atomic E-state index is 0.128. The van der Waals surface area contributed by atoms with E-state index < -0.39 is 0 Å². The highest BCUT2D eigenvalue weighted by molar-refractivity contribution is 6.30. The van der Waals surface area contributed by atoms with Crippen LogP contribution in [0.2, 0.25) is 5.02 Å². The lowest BCUT2D eigenvalue weighted by atomic mass is 10.1. The standard InChI is InChI=1S/C14H16ClNO2/c1-10(16-9-12-4-3-7-18-12)13-8-11(15)5-6-14(13)17-2/h3-8,10,16H,9H2,1-2H3. The number of rotatable bonds is 5. The van der Waals surface area contributed by atoms with E-state index in [4.69, 9.17) is 20.8 Å². The van der Waals surface area contributed by atoms with Gasteiger partial charge in [0.15, 0.2) is 0 Å². The number of hydrogen-bond acceptors (Lipinski definition) is 3. The van der Waals surface area contributed by atoms with Gasteiger partial charge in [0.05, 0.1) is 19.9 Å². The predicted molar refractivity (Wildman–Crippen MR) is 72.0 cm³/mol. The zero-order valence-electron chi connectivity index (χ0n) is 10.4. The average molecular weight is 266 g/mol. The third-order valence-corrected chi connectivity index (χ3v) is 3.06. The van der Waals surface area contributed by atoms with E-state index in [-0.39, 0.29) is 6.04 Å². The summed E-state index contributed by atoms with van der Waals surface area (Å²) in [5, 5.41) is 4.08. The first-order valence-corrected chi connectivity index (χ1v) is 6.17. The van der Waals surface area contributed by atoms with Crippen LogP contribution in [-0.4, -0.2) is 7.11 Å². The molecular formula is C14H16ClNO2. The maximum absolute atomic E-state index is 6.02. The number of halogens is 1.